The number of rotatable bonds is 5. The minimum Gasteiger partial charge on any atom is -0.489 e. The van der Waals surface area contributed by atoms with E-state index in [0.29, 0.717) is 51.5 Å². The van der Waals surface area contributed by atoms with E-state index in [2.05, 4.69) is 57.5 Å². The van der Waals surface area contributed by atoms with Crippen LogP contribution >= 0.6 is 23.1 Å². The van der Waals surface area contributed by atoms with Crippen molar-refractivity contribution in [3.8, 4) is 5.75 Å². The standard InChI is InChI=1S/C25H25BrN7O3P/c1-37(2,34)23-19(5-4-18-22(23)28-8-7-27-18)31-24-17(26)12-29-25(32-24)30-15-3-6-20-21(11-15)36-14-16-13-35-10-9-33(16)20/h3-8,11-12,16H,9-10,13-14H2,1-2H3,(H2,29,30,31,32)/t16-/m1/s1. The molecule has 4 heterocycles. The van der Waals surface area contributed by atoms with Gasteiger partial charge in [0.05, 0.1) is 45.9 Å². The van der Waals surface area contributed by atoms with Crippen LogP contribution in [-0.4, -0.2) is 65.7 Å². The summed E-state index contributed by atoms with van der Waals surface area (Å²) in [7, 11) is -2.71. The molecule has 2 aliphatic heterocycles. The van der Waals surface area contributed by atoms with Gasteiger partial charge in [-0.3, -0.25) is 9.97 Å². The molecule has 0 unspecified atom stereocenters. The van der Waals surface area contributed by atoms with Crippen molar-refractivity contribution in [1.29, 1.82) is 0 Å². The third kappa shape index (κ3) is 4.74. The SMILES string of the molecule is CP(C)(=O)c1c(Nc2nc(Nc3ccc4c(c3)OC[C@H]3COCCN43)ncc2Br)ccc2nccnc12. The summed E-state index contributed by atoms with van der Waals surface area (Å²) in [6.07, 6.45) is 4.90. The Balaban J connectivity index is 1.29. The van der Waals surface area contributed by atoms with Crippen molar-refractivity contribution in [3.05, 3.63) is 53.4 Å². The molecule has 4 aromatic rings. The molecule has 0 radical (unpaired) electrons. The van der Waals surface area contributed by atoms with E-state index in [1.165, 1.54) is 0 Å². The molecule has 2 aliphatic rings. The van der Waals surface area contributed by atoms with Gasteiger partial charge >= 0.3 is 0 Å². The number of benzene rings is 2. The molecule has 0 spiro atoms. The lowest BCUT2D eigenvalue weighted by Gasteiger charge is -2.41. The number of hydrogen-bond donors (Lipinski definition) is 2. The number of morpholine rings is 1. The lowest BCUT2D eigenvalue weighted by Crippen LogP contribution is -2.51. The van der Waals surface area contributed by atoms with Gasteiger partial charge < -0.3 is 29.6 Å². The number of fused-ring (bicyclic) bond motifs is 4. The molecule has 0 bridgehead atoms. The summed E-state index contributed by atoms with van der Waals surface area (Å²) >= 11 is 3.53. The number of hydrogen-bond acceptors (Lipinski definition) is 10. The second-order valence-corrected chi connectivity index (χ2v) is 13.3. The van der Waals surface area contributed by atoms with Crippen molar-refractivity contribution in [3.63, 3.8) is 0 Å². The van der Waals surface area contributed by atoms with Gasteiger partial charge in [-0.1, -0.05) is 0 Å². The molecule has 1 saturated heterocycles. The summed E-state index contributed by atoms with van der Waals surface area (Å²) in [5.74, 6) is 1.76. The predicted octanol–water partition coefficient (Wildman–Crippen LogP) is 4.52. The molecule has 0 amide bonds. The van der Waals surface area contributed by atoms with E-state index >= 15 is 0 Å². The van der Waals surface area contributed by atoms with Crippen LogP contribution in [-0.2, 0) is 9.30 Å². The van der Waals surface area contributed by atoms with Crippen molar-refractivity contribution < 1.29 is 14.0 Å². The van der Waals surface area contributed by atoms with Crippen molar-refractivity contribution in [2.24, 2.45) is 0 Å². The van der Waals surface area contributed by atoms with Crippen LogP contribution < -0.4 is 25.6 Å². The molecular formula is C25H25BrN7O3P. The zero-order valence-electron chi connectivity index (χ0n) is 20.3. The first-order chi connectivity index (χ1) is 17.9. The molecule has 2 N–H and O–H groups in total. The first-order valence-electron chi connectivity index (χ1n) is 11.8. The minimum atomic E-state index is -2.71. The number of halogens is 1. The van der Waals surface area contributed by atoms with Crippen molar-refractivity contribution in [2.75, 3.05) is 55.2 Å². The number of anilines is 5. The summed E-state index contributed by atoms with van der Waals surface area (Å²) in [6.45, 7) is 6.29. The Bertz CT molecular complexity index is 1550. The largest absolute Gasteiger partial charge is 0.489 e. The molecule has 1 fully saturated rings. The van der Waals surface area contributed by atoms with E-state index in [-0.39, 0.29) is 6.04 Å². The van der Waals surface area contributed by atoms with Crippen LogP contribution in [0.2, 0.25) is 0 Å². The fourth-order valence-corrected chi connectivity index (χ4v) is 6.36. The predicted molar refractivity (Wildman–Crippen MR) is 149 cm³/mol. The lowest BCUT2D eigenvalue weighted by molar-refractivity contribution is 0.0705. The molecule has 12 heteroatoms. The smallest absolute Gasteiger partial charge is 0.229 e. The zero-order chi connectivity index (χ0) is 25.6. The zero-order valence-corrected chi connectivity index (χ0v) is 22.8. The second-order valence-electron chi connectivity index (χ2n) is 9.29. The topological polar surface area (TPSA) is 114 Å². The molecule has 0 saturated carbocycles. The quantitative estimate of drug-likeness (QED) is 0.326. The molecule has 2 aromatic carbocycles. The third-order valence-corrected chi connectivity index (χ3v) is 8.44. The first kappa shape index (κ1) is 24.1. The van der Waals surface area contributed by atoms with Crippen LogP contribution in [0.3, 0.4) is 0 Å². The van der Waals surface area contributed by atoms with Gasteiger partial charge in [0.25, 0.3) is 0 Å². The average molecular weight is 582 g/mol. The molecule has 1 atom stereocenters. The number of nitrogens with zero attached hydrogens (tertiary/aromatic N) is 5. The van der Waals surface area contributed by atoms with Gasteiger partial charge in [0, 0.05) is 36.9 Å². The Labute approximate surface area is 222 Å². The molecule has 0 aliphatic carbocycles. The molecule has 190 valence electrons. The van der Waals surface area contributed by atoms with E-state index in [9.17, 15) is 4.57 Å². The van der Waals surface area contributed by atoms with Gasteiger partial charge in [-0.05, 0) is 53.5 Å². The van der Waals surface area contributed by atoms with Crippen molar-refractivity contribution in [2.45, 2.75) is 6.04 Å². The van der Waals surface area contributed by atoms with Gasteiger partial charge in [-0.15, -0.1) is 0 Å². The van der Waals surface area contributed by atoms with E-state index in [1.54, 1.807) is 31.9 Å². The Morgan fingerprint density at radius 2 is 1.95 bits per heavy atom. The van der Waals surface area contributed by atoms with Gasteiger partial charge in [-0.25, -0.2) is 4.98 Å². The number of aromatic nitrogens is 4. The minimum absolute atomic E-state index is 0.246. The maximum atomic E-state index is 13.3. The Morgan fingerprint density at radius 1 is 1.08 bits per heavy atom. The average Bonchev–Trinajstić information content (AvgIpc) is 2.89. The number of ether oxygens (including phenoxy) is 2. The van der Waals surface area contributed by atoms with Crippen LogP contribution in [0, 0.1) is 0 Å². The molecule has 2 aromatic heterocycles. The van der Waals surface area contributed by atoms with E-state index in [0.717, 1.165) is 30.3 Å². The van der Waals surface area contributed by atoms with E-state index in [1.807, 2.05) is 24.3 Å². The molecule has 6 rings (SSSR count). The Kier molecular flexibility index (Phi) is 6.22. The fraction of sp³-hybridized carbons (Fsp3) is 0.280. The van der Waals surface area contributed by atoms with Gasteiger partial charge in [-0.2, -0.15) is 4.98 Å². The highest BCUT2D eigenvalue weighted by atomic mass is 79.9. The highest BCUT2D eigenvalue weighted by molar-refractivity contribution is 9.10. The Morgan fingerprint density at radius 3 is 2.81 bits per heavy atom. The van der Waals surface area contributed by atoms with Crippen LogP contribution in [0.1, 0.15) is 0 Å². The van der Waals surface area contributed by atoms with Gasteiger partial charge in [0.2, 0.25) is 5.95 Å². The lowest BCUT2D eigenvalue weighted by atomic mass is 10.1. The Hall–Kier alpha value is -3.27. The summed E-state index contributed by atoms with van der Waals surface area (Å²) in [4.78, 5) is 20.2. The maximum Gasteiger partial charge on any atom is 0.229 e. The van der Waals surface area contributed by atoms with Crippen LogP contribution in [0.25, 0.3) is 11.0 Å². The van der Waals surface area contributed by atoms with Crippen LogP contribution in [0.5, 0.6) is 5.75 Å². The highest BCUT2D eigenvalue weighted by Crippen LogP contribution is 2.41. The fourth-order valence-electron chi connectivity index (χ4n) is 4.68. The van der Waals surface area contributed by atoms with E-state index < -0.39 is 7.14 Å². The maximum absolute atomic E-state index is 13.3. The summed E-state index contributed by atoms with van der Waals surface area (Å²) in [5, 5.41) is 7.23. The van der Waals surface area contributed by atoms with E-state index in [4.69, 9.17) is 9.47 Å². The highest BCUT2D eigenvalue weighted by Gasteiger charge is 2.30. The summed E-state index contributed by atoms with van der Waals surface area (Å²) in [5.41, 5.74) is 3.84. The van der Waals surface area contributed by atoms with Gasteiger partial charge in [0.15, 0.2) is 0 Å². The summed E-state index contributed by atoms with van der Waals surface area (Å²) < 4.78 is 25.5. The van der Waals surface area contributed by atoms with Crippen LogP contribution in [0.15, 0.2) is 53.4 Å². The number of nitrogens with one attached hydrogen (secondary N) is 2. The van der Waals surface area contributed by atoms with Crippen LogP contribution in [0.4, 0.5) is 28.8 Å². The monoisotopic (exact) mass is 581 g/mol. The van der Waals surface area contributed by atoms with Crippen molar-refractivity contribution in [1.82, 2.24) is 19.9 Å². The first-order valence-corrected chi connectivity index (χ1v) is 15.2. The summed E-state index contributed by atoms with van der Waals surface area (Å²) in [6, 6.07) is 9.95. The van der Waals surface area contributed by atoms with Gasteiger partial charge in [0.1, 0.15) is 30.8 Å². The normalized spacial score (nSPS) is 17.1. The molecule has 10 nitrogen and oxygen atoms in total. The third-order valence-electron chi connectivity index (χ3n) is 6.33. The molecular weight excluding hydrogens is 557 g/mol. The molecule has 37 heavy (non-hydrogen) atoms. The van der Waals surface area contributed by atoms with Crippen molar-refractivity contribution >= 4 is 68.2 Å². The second kappa shape index (κ2) is 9.55.